The van der Waals surface area contributed by atoms with Crippen molar-refractivity contribution in [3.8, 4) is 23.4 Å². The lowest BCUT2D eigenvalue weighted by Crippen LogP contribution is -2.21. The van der Waals surface area contributed by atoms with Crippen LogP contribution in [-0.2, 0) is 6.61 Å². The molecular formula is C23H22N4O3. The third kappa shape index (κ3) is 3.44. The fourth-order valence-corrected chi connectivity index (χ4v) is 3.62. The summed E-state index contributed by atoms with van der Waals surface area (Å²) in [7, 11) is 1.62. The van der Waals surface area contributed by atoms with E-state index in [0.717, 1.165) is 28.1 Å². The highest BCUT2D eigenvalue weighted by Crippen LogP contribution is 2.43. The third-order valence-corrected chi connectivity index (χ3v) is 5.18. The topological polar surface area (TPSA) is 106 Å². The highest BCUT2D eigenvalue weighted by molar-refractivity contribution is 5.56. The zero-order valence-corrected chi connectivity index (χ0v) is 17.0. The maximum Gasteiger partial charge on any atom is 0.244 e. The summed E-state index contributed by atoms with van der Waals surface area (Å²) in [6.07, 6.45) is 0. The summed E-state index contributed by atoms with van der Waals surface area (Å²) in [4.78, 5) is 0. The Kier molecular flexibility index (Phi) is 5.07. The molecule has 0 unspecified atom stereocenters. The Balaban J connectivity index is 1.72. The minimum absolute atomic E-state index is 0.0646. The van der Waals surface area contributed by atoms with Gasteiger partial charge in [0, 0.05) is 16.8 Å². The molecule has 1 aliphatic rings. The third-order valence-electron chi connectivity index (χ3n) is 5.18. The number of nitrogens with two attached hydrogens (primary N) is 1. The van der Waals surface area contributed by atoms with E-state index in [1.807, 2.05) is 56.3 Å². The summed E-state index contributed by atoms with van der Waals surface area (Å²) in [5, 5.41) is 16.8. The molecule has 152 valence electrons. The number of benzene rings is 2. The highest BCUT2D eigenvalue weighted by Gasteiger charge is 2.34. The van der Waals surface area contributed by atoms with Crippen LogP contribution in [0.2, 0.25) is 0 Å². The zero-order chi connectivity index (χ0) is 21.3. The molecule has 0 saturated heterocycles. The number of hydrogen-bond donors (Lipinski definition) is 2. The van der Waals surface area contributed by atoms with Gasteiger partial charge >= 0.3 is 0 Å². The predicted molar refractivity (Wildman–Crippen MR) is 111 cm³/mol. The standard InChI is InChI=1S/C23H22N4O3/c1-13-4-7-17(8-5-13)29-12-16-10-15(6-9-19(16)28-3)21-18(11-24)22(25)30-23-20(21)14(2)26-27-23/h4-10,21H,12,25H2,1-3H3,(H,26,27)/t21-/m0/s1. The van der Waals surface area contributed by atoms with E-state index in [1.54, 1.807) is 7.11 Å². The number of aryl methyl sites for hydroxylation is 2. The number of H-pyrrole nitrogens is 1. The SMILES string of the molecule is COc1ccc([C@H]2C(C#N)=C(N)Oc3n[nH]c(C)c32)cc1COc1ccc(C)cc1. The van der Waals surface area contributed by atoms with E-state index in [1.165, 1.54) is 5.56 Å². The molecule has 2 aromatic carbocycles. The molecule has 2 heterocycles. The summed E-state index contributed by atoms with van der Waals surface area (Å²) < 4.78 is 17.0. The van der Waals surface area contributed by atoms with Gasteiger partial charge in [0.2, 0.25) is 11.8 Å². The second-order valence-corrected chi connectivity index (χ2v) is 7.17. The molecule has 7 nitrogen and oxygen atoms in total. The molecule has 0 amide bonds. The van der Waals surface area contributed by atoms with Crippen LogP contribution in [0.4, 0.5) is 0 Å². The number of aromatic nitrogens is 2. The Labute approximate surface area is 174 Å². The number of aromatic amines is 1. The van der Waals surface area contributed by atoms with Gasteiger partial charge in [-0.25, -0.2) is 0 Å². The molecular weight excluding hydrogens is 380 g/mol. The van der Waals surface area contributed by atoms with Crippen LogP contribution in [0.3, 0.4) is 0 Å². The molecule has 1 atom stereocenters. The fourth-order valence-electron chi connectivity index (χ4n) is 3.62. The molecule has 0 aliphatic carbocycles. The second-order valence-electron chi connectivity index (χ2n) is 7.17. The second kappa shape index (κ2) is 7.84. The number of rotatable bonds is 5. The van der Waals surface area contributed by atoms with Gasteiger partial charge in [0.25, 0.3) is 0 Å². The Morgan fingerprint density at radius 2 is 1.97 bits per heavy atom. The highest BCUT2D eigenvalue weighted by atomic mass is 16.5. The minimum Gasteiger partial charge on any atom is -0.496 e. The molecule has 3 aromatic rings. The van der Waals surface area contributed by atoms with Crippen LogP contribution in [0.1, 0.15) is 33.9 Å². The Bertz CT molecular complexity index is 1160. The maximum atomic E-state index is 9.74. The van der Waals surface area contributed by atoms with Crippen LogP contribution < -0.4 is 19.9 Å². The van der Waals surface area contributed by atoms with Gasteiger partial charge in [-0.05, 0) is 43.7 Å². The average molecular weight is 402 g/mol. The van der Waals surface area contributed by atoms with Crippen LogP contribution in [0, 0.1) is 25.2 Å². The Morgan fingerprint density at radius 1 is 1.20 bits per heavy atom. The van der Waals surface area contributed by atoms with Crippen molar-refractivity contribution in [3.05, 3.63) is 81.9 Å². The maximum absolute atomic E-state index is 9.74. The molecule has 0 saturated carbocycles. The molecule has 1 aliphatic heterocycles. The first-order valence-corrected chi connectivity index (χ1v) is 9.50. The number of methoxy groups -OCH3 is 1. The van der Waals surface area contributed by atoms with Crippen LogP contribution in [0.5, 0.6) is 17.4 Å². The van der Waals surface area contributed by atoms with Gasteiger partial charge in [0.15, 0.2) is 0 Å². The van der Waals surface area contributed by atoms with E-state index in [-0.39, 0.29) is 11.8 Å². The van der Waals surface area contributed by atoms with Gasteiger partial charge < -0.3 is 19.9 Å². The van der Waals surface area contributed by atoms with Gasteiger partial charge in [-0.15, -0.1) is 5.10 Å². The predicted octanol–water partition coefficient (Wildman–Crippen LogP) is 3.83. The van der Waals surface area contributed by atoms with Crippen molar-refractivity contribution in [1.82, 2.24) is 10.2 Å². The molecule has 1 aromatic heterocycles. The number of nitrogens with zero attached hydrogens (tertiary/aromatic N) is 2. The lowest BCUT2D eigenvalue weighted by atomic mass is 9.83. The van der Waals surface area contributed by atoms with Gasteiger partial charge in [-0.1, -0.05) is 23.8 Å². The van der Waals surface area contributed by atoms with Crippen LogP contribution in [-0.4, -0.2) is 17.3 Å². The van der Waals surface area contributed by atoms with Gasteiger partial charge in [0.05, 0.1) is 13.0 Å². The number of fused-ring (bicyclic) bond motifs is 1. The first-order valence-electron chi connectivity index (χ1n) is 9.50. The summed E-state index contributed by atoms with van der Waals surface area (Å²) in [6, 6.07) is 15.8. The molecule has 0 fully saturated rings. The minimum atomic E-state index is -0.387. The number of ether oxygens (including phenoxy) is 3. The van der Waals surface area contributed by atoms with E-state index in [9.17, 15) is 5.26 Å². The molecule has 0 spiro atoms. The van der Waals surface area contributed by atoms with Gasteiger partial charge in [-0.3, -0.25) is 5.10 Å². The number of hydrogen-bond acceptors (Lipinski definition) is 6. The molecule has 0 bridgehead atoms. The fraction of sp³-hybridized carbons (Fsp3) is 0.217. The van der Waals surface area contributed by atoms with E-state index < -0.39 is 0 Å². The first kappa shape index (κ1) is 19.4. The number of nitriles is 1. The molecule has 30 heavy (non-hydrogen) atoms. The Morgan fingerprint density at radius 3 is 2.67 bits per heavy atom. The normalized spacial score (nSPS) is 15.2. The van der Waals surface area contributed by atoms with E-state index in [4.69, 9.17) is 19.9 Å². The van der Waals surface area contributed by atoms with Gasteiger partial charge in [0.1, 0.15) is 29.7 Å². The van der Waals surface area contributed by atoms with E-state index in [2.05, 4.69) is 16.3 Å². The van der Waals surface area contributed by atoms with Crippen molar-refractivity contribution in [1.29, 1.82) is 5.26 Å². The lowest BCUT2D eigenvalue weighted by Gasteiger charge is -2.24. The smallest absolute Gasteiger partial charge is 0.244 e. The van der Waals surface area contributed by atoms with E-state index >= 15 is 0 Å². The Hall–Kier alpha value is -3.92. The lowest BCUT2D eigenvalue weighted by molar-refractivity contribution is 0.296. The van der Waals surface area contributed by atoms with Crippen molar-refractivity contribution in [2.24, 2.45) is 5.73 Å². The largest absolute Gasteiger partial charge is 0.496 e. The average Bonchev–Trinajstić information content (AvgIpc) is 3.12. The van der Waals surface area contributed by atoms with Crippen molar-refractivity contribution in [3.63, 3.8) is 0 Å². The van der Waals surface area contributed by atoms with Crippen molar-refractivity contribution < 1.29 is 14.2 Å². The quantitative estimate of drug-likeness (QED) is 0.672. The summed E-state index contributed by atoms with van der Waals surface area (Å²) in [5.41, 5.74) is 10.9. The molecule has 0 radical (unpaired) electrons. The molecule has 3 N–H and O–H groups in total. The number of nitrogens with one attached hydrogen (secondary N) is 1. The van der Waals surface area contributed by atoms with Crippen LogP contribution in [0.15, 0.2) is 53.9 Å². The first-order chi connectivity index (χ1) is 14.5. The summed E-state index contributed by atoms with van der Waals surface area (Å²) in [5.74, 6) is 1.55. The van der Waals surface area contributed by atoms with Crippen molar-refractivity contribution in [2.45, 2.75) is 26.4 Å². The van der Waals surface area contributed by atoms with E-state index in [0.29, 0.717) is 23.8 Å². The summed E-state index contributed by atoms with van der Waals surface area (Å²) in [6.45, 7) is 4.24. The zero-order valence-electron chi connectivity index (χ0n) is 17.0. The van der Waals surface area contributed by atoms with Crippen molar-refractivity contribution >= 4 is 0 Å². The van der Waals surface area contributed by atoms with Crippen molar-refractivity contribution in [2.75, 3.05) is 7.11 Å². The van der Waals surface area contributed by atoms with Crippen LogP contribution in [0.25, 0.3) is 0 Å². The number of allylic oxidation sites excluding steroid dienone is 1. The summed E-state index contributed by atoms with van der Waals surface area (Å²) >= 11 is 0. The van der Waals surface area contributed by atoms with Crippen LogP contribution >= 0.6 is 0 Å². The molecule has 7 heteroatoms. The van der Waals surface area contributed by atoms with Gasteiger partial charge in [-0.2, -0.15) is 5.26 Å². The monoisotopic (exact) mass is 402 g/mol. The molecule has 4 rings (SSSR count).